The van der Waals surface area contributed by atoms with Crippen LogP contribution >= 0.6 is 0 Å². The van der Waals surface area contributed by atoms with Gasteiger partial charge in [0.15, 0.2) is 0 Å². The molecule has 0 aromatic rings. The average Bonchev–Trinajstić information content (AvgIpc) is 2.03. The SMILES string of the molecule is CCCON1CCC(=O)CC1=O. The van der Waals surface area contributed by atoms with Gasteiger partial charge in [-0.15, -0.1) is 0 Å². The second-order valence-electron chi connectivity index (χ2n) is 2.79. The summed E-state index contributed by atoms with van der Waals surface area (Å²) in [5.74, 6) is -0.198. The van der Waals surface area contributed by atoms with Gasteiger partial charge in [-0.2, -0.15) is 0 Å². The van der Waals surface area contributed by atoms with Crippen molar-refractivity contribution in [3.05, 3.63) is 0 Å². The minimum atomic E-state index is -0.209. The summed E-state index contributed by atoms with van der Waals surface area (Å²) in [5.41, 5.74) is 0. The maximum atomic E-state index is 11.1. The fraction of sp³-hybridized carbons (Fsp3) is 0.750. The summed E-state index contributed by atoms with van der Waals surface area (Å²) in [6.07, 6.45) is 1.30. The van der Waals surface area contributed by atoms with Crippen LogP contribution in [0.5, 0.6) is 0 Å². The van der Waals surface area contributed by atoms with Crippen LogP contribution in [0.15, 0.2) is 0 Å². The Balaban J connectivity index is 2.35. The van der Waals surface area contributed by atoms with Crippen LogP contribution in [0.3, 0.4) is 0 Å². The van der Waals surface area contributed by atoms with Crippen molar-refractivity contribution >= 4 is 11.7 Å². The number of carbonyl (C=O) groups excluding carboxylic acids is 2. The molecule has 0 atom stereocenters. The molecule has 1 aliphatic rings. The molecule has 0 aliphatic carbocycles. The smallest absolute Gasteiger partial charge is 0.253 e. The number of hydrogen-bond donors (Lipinski definition) is 0. The minimum Gasteiger partial charge on any atom is -0.299 e. The molecule has 1 heterocycles. The van der Waals surface area contributed by atoms with Gasteiger partial charge >= 0.3 is 0 Å². The molecule has 0 radical (unpaired) electrons. The van der Waals surface area contributed by atoms with Crippen LogP contribution in [0.25, 0.3) is 0 Å². The predicted octanol–water partition coefficient (Wildman–Crippen LogP) is 0.520. The number of nitrogens with zero attached hydrogens (tertiary/aromatic N) is 1. The van der Waals surface area contributed by atoms with Crippen LogP contribution in [0, 0.1) is 0 Å². The first-order valence-electron chi connectivity index (χ1n) is 4.19. The maximum Gasteiger partial charge on any atom is 0.253 e. The number of carbonyl (C=O) groups is 2. The highest BCUT2D eigenvalue weighted by Gasteiger charge is 2.23. The summed E-state index contributed by atoms with van der Waals surface area (Å²) in [6.45, 7) is 2.93. The normalized spacial score (nSPS) is 18.6. The Kier molecular flexibility index (Phi) is 3.22. The van der Waals surface area contributed by atoms with Gasteiger partial charge in [0.1, 0.15) is 5.78 Å². The van der Waals surface area contributed by atoms with Crippen LogP contribution < -0.4 is 0 Å². The van der Waals surface area contributed by atoms with Crippen molar-refractivity contribution in [1.29, 1.82) is 0 Å². The van der Waals surface area contributed by atoms with E-state index in [1.807, 2.05) is 6.92 Å². The highest BCUT2D eigenvalue weighted by atomic mass is 16.7. The fourth-order valence-corrected chi connectivity index (χ4v) is 1.03. The zero-order chi connectivity index (χ0) is 8.97. The van der Waals surface area contributed by atoms with E-state index in [4.69, 9.17) is 4.84 Å². The lowest BCUT2D eigenvalue weighted by Gasteiger charge is -2.24. The van der Waals surface area contributed by atoms with E-state index in [2.05, 4.69) is 0 Å². The largest absolute Gasteiger partial charge is 0.299 e. The van der Waals surface area contributed by atoms with Gasteiger partial charge in [-0.05, 0) is 6.42 Å². The number of piperidine rings is 1. The van der Waals surface area contributed by atoms with E-state index < -0.39 is 0 Å². The average molecular weight is 171 g/mol. The first-order chi connectivity index (χ1) is 5.74. The van der Waals surface area contributed by atoms with E-state index in [9.17, 15) is 9.59 Å². The van der Waals surface area contributed by atoms with Gasteiger partial charge in [-0.25, -0.2) is 5.06 Å². The van der Waals surface area contributed by atoms with Crippen molar-refractivity contribution in [2.45, 2.75) is 26.2 Å². The number of hydrogen-bond acceptors (Lipinski definition) is 3. The molecule has 1 rings (SSSR count). The van der Waals surface area contributed by atoms with Gasteiger partial charge in [-0.1, -0.05) is 6.92 Å². The topological polar surface area (TPSA) is 46.6 Å². The van der Waals surface area contributed by atoms with Crippen LogP contribution in [-0.4, -0.2) is 29.9 Å². The Morgan fingerprint density at radius 3 is 2.83 bits per heavy atom. The summed E-state index contributed by atoms with van der Waals surface area (Å²) >= 11 is 0. The van der Waals surface area contributed by atoms with Crippen molar-refractivity contribution < 1.29 is 14.4 Å². The Morgan fingerprint density at radius 2 is 2.25 bits per heavy atom. The Labute approximate surface area is 71.4 Å². The molecule has 4 nitrogen and oxygen atoms in total. The summed E-state index contributed by atoms with van der Waals surface area (Å²) in [6, 6.07) is 0. The van der Waals surface area contributed by atoms with Crippen LogP contribution in [0.2, 0.25) is 0 Å². The van der Waals surface area contributed by atoms with Crippen LogP contribution in [0.1, 0.15) is 26.2 Å². The quantitative estimate of drug-likeness (QED) is 0.581. The maximum absolute atomic E-state index is 11.1. The monoisotopic (exact) mass is 171 g/mol. The molecule has 4 heteroatoms. The summed E-state index contributed by atoms with van der Waals surface area (Å²) < 4.78 is 0. The van der Waals surface area contributed by atoms with E-state index in [-0.39, 0.29) is 18.1 Å². The lowest BCUT2D eigenvalue weighted by molar-refractivity contribution is -0.191. The number of Topliss-reactive ketones (excluding diaryl/α,β-unsaturated/α-hetero) is 1. The van der Waals surface area contributed by atoms with Gasteiger partial charge < -0.3 is 0 Å². The third-order valence-corrected chi connectivity index (χ3v) is 1.67. The van der Waals surface area contributed by atoms with E-state index in [0.717, 1.165) is 6.42 Å². The van der Waals surface area contributed by atoms with E-state index >= 15 is 0 Å². The molecule has 0 spiro atoms. The van der Waals surface area contributed by atoms with Gasteiger partial charge in [0.05, 0.1) is 19.6 Å². The zero-order valence-electron chi connectivity index (χ0n) is 7.21. The standard InChI is InChI=1S/C8H13NO3/c1-2-5-12-9-4-3-7(10)6-8(9)11/h2-6H2,1H3. The molecule has 12 heavy (non-hydrogen) atoms. The van der Waals surface area contributed by atoms with Crippen molar-refractivity contribution in [3.63, 3.8) is 0 Å². The minimum absolute atomic E-state index is 0.00368. The third-order valence-electron chi connectivity index (χ3n) is 1.67. The Morgan fingerprint density at radius 1 is 1.50 bits per heavy atom. The molecule has 0 saturated carbocycles. The molecule has 0 aromatic heterocycles. The predicted molar refractivity (Wildman–Crippen MR) is 42.2 cm³/mol. The highest BCUT2D eigenvalue weighted by molar-refractivity contribution is 5.99. The first kappa shape index (κ1) is 9.19. The third kappa shape index (κ3) is 2.30. The molecule has 68 valence electrons. The lowest BCUT2D eigenvalue weighted by Crippen LogP contribution is -2.39. The van der Waals surface area contributed by atoms with Crippen molar-refractivity contribution in [3.8, 4) is 0 Å². The summed E-state index contributed by atoms with van der Waals surface area (Å²) in [7, 11) is 0. The van der Waals surface area contributed by atoms with E-state index in [1.165, 1.54) is 5.06 Å². The van der Waals surface area contributed by atoms with Gasteiger partial charge in [0, 0.05) is 6.42 Å². The molecule has 0 N–H and O–H groups in total. The van der Waals surface area contributed by atoms with E-state index in [1.54, 1.807) is 0 Å². The second-order valence-corrected chi connectivity index (χ2v) is 2.79. The lowest BCUT2D eigenvalue weighted by atomic mass is 10.1. The van der Waals surface area contributed by atoms with Gasteiger partial charge in [-0.3, -0.25) is 14.4 Å². The van der Waals surface area contributed by atoms with Gasteiger partial charge in [0.2, 0.25) is 0 Å². The molecule has 1 saturated heterocycles. The number of rotatable bonds is 3. The van der Waals surface area contributed by atoms with Crippen molar-refractivity contribution in [2.24, 2.45) is 0 Å². The first-order valence-corrected chi connectivity index (χ1v) is 4.19. The molecule has 1 aliphatic heterocycles. The number of ketones is 1. The molecule has 0 aromatic carbocycles. The Bertz CT molecular complexity index is 191. The van der Waals surface area contributed by atoms with Crippen LogP contribution in [0.4, 0.5) is 0 Å². The number of hydroxylamine groups is 2. The van der Waals surface area contributed by atoms with Gasteiger partial charge in [0.25, 0.3) is 5.91 Å². The summed E-state index contributed by atoms with van der Waals surface area (Å²) in [5, 5.41) is 1.30. The summed E-state index contributed by atoms with van der Waals surface area (Å²) in [4.78, 5) is 27.0. The molecular formula is C8H13NO3. The molecule has 1 fully saturated rings. The highest BCUT2D eigenvalue weighted by Crippen LogP contribution is 2.07. The molecular weight excluding hydrogens is 158 g/mol. The fourth-order valence-electron chi connectivity index (χ4n) is 1.03. The Hall–Kier alpha value is -0.900. The molecule has 0 unspecified atom stereocenters. The second kappa shape index (κ2) is 4.21. The molecule has 0 bridgehead atoms. The number of amides is 1. The van der Waals surface area contributed by atoms with E-state index in [0.29, 0.717) is 19.6 Å². The van der Waals surface area contributed by atoms with Crippen molar-refractivity contribution in [2.75, 3.05) is 13.2 Å². The molecule has 1 amide bonds. The zero-order valence-corrected chi connectivity index (χ0v) is 7.21. The van der Waals surface area contributed by atoms with Crippen molar-refractivity contribution in [1.82, 2.24) is 5.06 Å². The van der Waals surface area contributed by atoms with Crippen LogP contribution in [-0.2, 0) is 14.4 Å².